The van der Waals surface area contributed by atoms with E-state index in [2.05, 4.69) is 157 Å². The first-order chi connectivity index (χ1) is 29.7. The average Bonchev–Trinajstić information content (AvgIpc) is 3.79. The van der Waals surface area contributed by atoms with Gasteiger partial charge in [0.2, 0.25) is 0 Å². The predicted octanol–water partition coefficient (Wildman–Crippen LogP) is 14.9. The van der Waals surface area contributed by atoms with Crippen LogP contribution in [0.5, 0.6) is 11.5 Å². The van der Waals surface area contributed by atoms with Gasteiger partial charge in [-0.2, -0.15) is 0 Å². The Bertz CT molecular complexity index is 3360. The second-order valence-electron chi connectivity index (χ2n) is 19.4. The van der Waals surface area contributed by atoms with Crippen molar-refractivity contribution in [1.29, 1.82) is 0 Å². The molecule has 0 fully saturated rings. The topological polar surface area (TPSA) is 66.0 Å². The van der Waals surface area contributed by atoms with Crippen LogP contribution in [0.4, 0.5) is 0 Å². The molecule has 1 aliphatic heterocycles. The van der Waals surface area contributed by atoms with Crippen LogP contribution in [0.15, 0.2) is 150 Å². The molecule has 304 valence electrons. The molecule has 0 spiro atoms. The summed E-state index contributed by atoms with van der Waals surface area (Å²) in [6.07, 6.45) is 0. The molecule has 7 aromatic carbocycles. The van der Waals surface area contributed by atoms with Gasteiger partial charge < -0.3 is 13.7 Å². The molecule has 0 amide bonds. The first-order valence-corrected chi connectivity index (χ1v) is 21.5. The smallest absolute Gasteiger partial charge is 0.167 e. The fourth-order valence-corrected chi connectivity index (χ4v) is 9.21. The molecule has 0 unspecified atom stereocenters. The maximum absolute atomic E-state index is 7.57. The van der Waals surface area contributed by atoms with E-state index in [4.69, 9.17) is 24.1 Å². The molecule has 0 bridgehead atoms. The Morgan fingerprint density at radius 1 is 0.468 bits per heavy atom. The molecule has 11 rings (SSSR count). The molecule has 0 saturated heterocycles. The van der Waals surface area contributed by atoms with Crippen LogP contribution >= 0.6 is 0 Å². The normalized spacial score (nSPS) is 13.7. The van der Waals surface area contributed by atoms with E-state index in [0.29, 0.717) is 17.5 Å². The Balaban J connectivity index is 1.22. The van der Waals surface area contributed by atoms with Crippen molar-refractivity contribution in [3.05, 3.63) is 168 Å². The fraction of sp³-hybridized carbons (Fsp3) is 0.196. The van der Waals surface area contributed by atoms with Gasteiger partial charge >= 0.3 is 0 Å². The number of rotatable bonds is 4. The largest absolute Gasteiger partial charge is 0.456 e. The van der Waals surface area contributed by atoms with Crippen molar-refractivity contribution in [3.8, 4) is 51.3 Å². The first-order valence-electron chi connectivity index (χ1n) is 21.5. The third-order valence-corrected chi connectivity index (χ3v) is 12.8. The lowest BCUT2D eigenvalue weighted by atomic mass is 9.71. The molecule has 4 heterocycles. The van der Waals surface area contributed by atoms with E-state index in [-0.39, 0.29) is 10.8 Å². The summed E-state index contributed by atoms with van der Waals surface area (Å²) >= 11 is 0. The van der Waals surface area contributed by atoms with Gasteiger partial charge in [0, 0.05) is 55.3 Å². The van der Waals surface area contributed by atoms with Crippen molar-refractivity contribution in [2.45, 2.75) is 71.6 Å². The maximum Gasteiger partial charge on any atom is 0.167 e. The molecule has 0 atom stereocenters. The Hall–Kier alpha value is -7.05. The summed E-state index contributed by atoms with van der Waals surface area (Å²) in [6, 6.07) is 51.1. The molecule has 0 N–H and O–H groups in total. The zero-order valence-corrected chi connectivity index (χ0v) is 36.5. The second-order valence-corrected chi connectivity index (χ2v) is 19.4. The number of nitrogens with zero attached hydrogens (tertiary/aromatic N) is 4. The number of hydrogen-bond acceptors (Lipinski definition) is 5. The van der Waals surface area contributed by atoms with Gasteiger partial charge in [0.1, 0.15) is 16.9 Å². The summed E-state index contributed by atoms with van der Waals surface area (Å²) in [5, 5.41) is 4.55. The van der Waals surface area contributed by atoms with Gasteiger partial charge in [0.15, 0.2) is 23.2 Å². The van der Waals surface area contributed by atoms with Gasteiger partial charge in [-0.25, -0.2) is 15.0 Å². The van der Waals surface area contributed by atoms with Crippen LogP contribution in [0.25, 0.3) is 83.6 Å². The predicted molar refractivity (Wildman–Crippen MR) is 254 cm³/mol. The minimum Gasteiger partial charge on any atom is -0.456 e. The van der Waals surface area contributed by atoms with E-state index in [0.717, 1.165) is 83.4 Å². The Morgan fingerprint density at radius 3 is 1.66 bits per heavy atom. The van der Waals surface area contributed by atoms with E-state index in [9.17, 15) is 0 Å². The zero-order chi connectivity index (χ0) is 42.7. The highest BCUT2D eigenvalue weighted by Crippen LogP contribution is 2.56. The van der Waals surface area contributed by atoms with Crippen LogP contribution in [-0.2, 0) is 16.2 Å². The molecule has 62 heavy (non-hydrogen) atoms. The quantitative estimate of drug-likeness (QED) is 0.177. The third-order valence-electron chi connectivity index (χ3n) is 12.8. The minimum atomic E-state index is -0.489. The molecule has 3 aromatic heterocycles. The molecule has 0 saturated carbocycles. The monoisotopic (exact) mass is 808 g/mol. The summed E-state index contributed by atoms with van der Waals surface area (Å²) in [7, 11) is 0. The van der Waals surface area contributed by atoms with E-state index < -0.39 is 5.41 Å². The van der Waals surface area contributed by atoms with Crippen LogP contribution in [0.2, 0.25) is 0 Å². The summed E-state index contributed by atoms with van der Waals surface area (Å²) in [6.45, 7) is 18.3. The van der Waals surface area contributed by atoms with E-state index >= 15 is 0 Å². The summed E-state index contributed by atoms with van der Waals surface area (Å²) in [5.74, 6) is 3.35. The second kappa shape index (κ2) is 13.5. The SMILES string of the molecule is CC(C)(C)c1cc(-c2nc(-c3ccccc3)nc(-c3ccccc3)n2)c2c(c1)C(C)(C)c1cc(C(C)(C)C)cc(-n3c4ccccc4c4cc5c(cc43)oc3ccccc35)c1O2. The van der Waals surface area contributed by atoms with Crippen LogP contribution in [0, 0.1) is 0 Å². The lowest BCUT2D eigenvalue weighted by Gasteiger charge is -2.39. The Kier molecular flexibility index (Phi) is 8.24. The van der Waals surface area contributed by atoms with Crippen molar-refractivity contribution in [3.63, 3.8) is 0 Å². The molecule has 0 radical (unpaired) electrons. The average molecular weight is 809 g/mol. The van der Waals surface area contributed by atoms with Crippen LogP contribution in [-0.4, -0.2) is 19.5 Å². The van der Waals surface area contributed by atoms with Crippen LogP contribution in [0.1, 0.15) is 77.6 Å². The van der Waals surface area contributed by atoms with Gasteiger partial charge in [-0.1, -0.05) is 165 Å². The van der Waals surface area contributed by atoms with Crippen molar-refractivity contribution >= 4 is 43.7 Å². The van der Waals surface area contributed by atoms with Crippen molar-refractivity contribution < 1.29 is 9.15 Å². The van der Waals surface area contributed by atoms with Gasteiger partial charge in [-0.3, -0.25) is 0 Å². The summed E-state index contributed by atoms with van der Waals surface area (Å²) in [5.41, 5.74) is 11.3. The highest BCUT2D eigenvalue weighted by molar-refractivity contribution is 6.17. The third kappa shape index (κ3) is 5.95. The van der Waals surface area contributed by atoms with Gasteiger partial charge in [-0.05, 0) is 52.3 Å². The number of aromatic nitrogens is 4. The fourth-order valence-electron chi connectivity index (χ4n) is 9.21. The summed E-state index contributed by atoms with van der Waals surface area (Å²) < 4.78 is 16.5. The highest BCUT2D eigenvalue weighted by Gasteiger charge is 2.40. The Morgan fingerprint density at radius 2 is 1.02 bits per heavy atom. The molecule has 0 aliphatic carbocycles. The standard InChI is InChI=1S/C56H48N4O2/c1-54(2,3)35-27-41(53-58-51(33-19-11-9-12-20-33)57-52(59-53)34-21-13-10-14-22-34)49-42(28-35)56(7,8)43-29-36(55(4,5)6)30-46(50(43)62-49)60-44-25-17-15-23-37(44)39-31-40-38-24-16-18-26-47(38)61-48(40)32-45(39)60/h9-32H,1-8H3. The number of ether oxygens (including phenoxy) is 1. The Labute approximate surface area is 361 Å². The van der Waals surface area contributed by atoms with Gasteiger partial charge in [0.25, 0.3) is 0 Å². The molecule has 10 aromatic rings. The highest BCUT2D eigenvalue weighted by atomic mass is 16.5. The minimum absolute atomic E-state index is 0.157. The van der Waals surface area contributed by atoms with Crippen molar-refractivity contribution in [2.24, 2.45) is 0 Å². The molecule has 6 heteroatoms. The lowest BCUT2D eigenvalue weighted by molar-refractivity contribution is 0.414. The van der Waals surface area contributed by atoms with E-state index in [1.54, 1.807) is 0 Å². The molecule has 6 nitrogen and oxygen atoms in total. The zero-order valence-electron chi connectivity index (χ0n) is 36.5. The number of para-hydroxylation sites is 2. The maximum atomic E-state index is 7.57. The first kappa shape index (κ1) is 37.9. The molecular formula is C56H48N4O2. The lowest BCUT2D eigenvalue weighted by Crippen LogP contribution is -2.28. The molecular weight excluding hydrogens is 761 g/mol. The molecule has 1 aliphatic rings. The van der Waals surface area contributed by atoms with Gasteiger partial charge in [-0.15, -0.1) is 0 Å². The van der Waals surface area contributed by atoms with Crippen molar-refractivity contribution in [1.82, 2.24) is 19.5 Å². The van der Waals surface area contributed by atoms with Gasteiger partial charge in [0.05, 0.1) is 22.3 Å². The number of benzene rings is 7. The number of furan rings is 1. The van der Waals surface area contributed by atoms with E-state index in [1.165, 1.54) is 16.5 Å². The summed E-state index contributed by atoms with van der Waals surface area (Å²) in [4.78, 5) is 15.6. The van der Waals surface area contributed by atoms with Crippen LogP contribution < -0.4 is 4.74 Å². The van der Waals surface area contributed by atoms with E-state index in [1.807, 2.05) is 48.5 Å². The van der Waals surface area contributed by atoms with Crippen LogP contribution in [0.3, 0.4) is 0 Å². The van der Waals surface area contributed by atoms with Crippen molar-refractivity contribution in [2.75, 3.05) is 0 Å². The number of hydrogen-bond donors (Lipinski definition) is 0. The number of fused-ring (bicyclic) bond motifs is 8.